The largest absolute Gasteiger partial charge is 0.398 e. The van der Waals surface area contributed by atoms with Crippen LogP contribution in [0.4, 0.5) is 10.1 Å². The van der Waals surface area contributed by atoms with Crippen LogP contribution in [0.5, 0.6) is 0 Å². The maximum atomic E-state index is 13.1. The average molecular weight is 258 g/mol. The number of para-hydroxylation sites is 1. The van der Waals surface area contributed by atoms with Crippen molar-refractivity contribution < 1.29 is 4.39 Å². The van der Waals surface area contributed by atoms with Crippen molar-refractivity contribution >= 4 is 5.69 Å². The highest BCUT2D eigenvalue weighted by Crippen LogP contribution is 2.16. The van der Waals surface area contributed by atoms with Gasteiger partial charge in [-0.3, -0.25) is 4.90 Å². The van der Waals surface area contributed by atoms with Gasteiger partial charge in [0.15, 0.2) is 0 Å². The monoisotopic (exact) mass is 258 g/mol. The second-order valence-corrected chi connectivity index (χ2v) is 4.94. The molecule has 2 nitrogen and oxygen atoms in total. The lowest BCUT2D eigenvalue weighted by molar-refractivity contribution is 0.319. The van der Waals surface area contributed by atoms with E-state index in [9.17, 15) is 4.39 Å². The fourth-order valence-electron chi connectivity index (χ4n) is 2.15. The molecule has 0 unspecified atom stereocenters. The zero-order chi connectivity index (χ0) is 13.8. The molecule has 0 amide bonds. The highest BCUT2D eigenvalue weighted by molar-refractivity contribution is 5.46. The molecule has 3 heteroatoms. The first kappa shape index (κ1) is 13.6. The Balaban J connectivity index is 2.05. The van der Waals surface area contributed by atoms with Gasteiger partial charge in [-0.1, -0.05) is 24.3 Å². The first-order valence-electron chi connectivity index (χ1n) is 6.33. The lowest BCUT2D eigenvalue weighted by Gasteiger charge is -2.19. The van der Waals surface area contributed by atoms with Crippen molar-refractivity contribution in [3.8, 4) is 0 Å². The molecule has 19 heavy (non-hydrogen) atoms. The number of nitrogen functional groups attached to an aromatic ring is 1. The van der Waals surface area contributed by atoms with E-state index in [1.807, 2.05) is 44.3 Å². The number of anilines is 1. The van der Waals surface area contributed by atoms with Crippen molar-refractivity contribution in [1.29, 1.82) is 0 Å². The summed E-state index contributed by atoms with van der Waals surface area (Å²) in [6, 6.07) is 12.8. The number of nitrogens with two attached hydrogens (primary N) is 1. The third-order valence-electron chi connectivity index (χ3n) is 3.24. The Labute approximate surface area is 113 Å². The van der Waals surface area contributed by atoms with Gasteiger partial charge in [0.25, 0.3) is 0 Å². The summed E-state index contributed by atoms with van der Waals surface area (Å²) in [6.45, 7) is 3.49. The number of hydrogen-bond acceptors (Lipinski definition) is 2. The number of aryl methyl sites for hydroxylation is 1. The van der Waals surface area contributed by atoms with Crippen LogP contribution < -0.4 is 5.73 Å². The van der Waals surface area contributed by atoms with E-state index in [1.165, 1.54) is 6.07 Å². The molecular weight excluding hydrogens is 239 g/mol. The molecule has 0 aliphatic heterocycles. The van der Waals surface area contributed by atoms with Crippen LogP contribution in [0.15, 0.2) is 42.5 Å². The van der Waals surface area contributed by atoms with E-state index in [1.54, 1.807) is 6.07 Å². The van der Waals surface area contributed by atoms with Crippen LogP contribution in [0.25, 0.3) is 0 Å². The summed E-state index contributed by atoms with van der Waals surface area (Å²) in [5.74, 6) is -0.184. The second-order valence-electron chi connectivity index (χ2n) is 4.94. The summed E-state index contributed by atoms with van der Waals surface area (Å²) in [4.78, 5) is 2.17. The Morgan fingerprint density at radius 3 is 2.42 bits per heavy atom. The predicted molar refractivity (Wildman–Crippen MR) is 77.2 cm³/mol. The molecule has 0 aliphatic carbocycles. The van der Waals surface area contributed by atoms with Crippen molar-refractivity contribution in [1.82, 2.24) is 4.90 Å². The molecule has 0 fully saturated rings. The van der Waals surface area contributed by atoms with Crippen molar-refractivity contribution in [3.63, 3.8) is 0 Å². The van der Waals surface area contributed by atoms with Crippen LogP contribution in [-0.2, 0) is 13.1 Å². The fourth-order valence-corrected chi connectivity index (χ4v) is 2.15. The SMILES string of the molecule is Cc1cc(F)ccc1CN(C)Cc1ccccc1N. The summed E-state index contributed by atoms with van der Waals surface area (Å²) in [6.07, 6.45) is 0. The number of halogens is 1. The van der Waals surface area contributed by atoms with Gasteiger partial charge in [-0.05, 0) is 48.9 Å². The smallest absolute Gasteiger partial charge is 0.123 e. The van der Waals surface area contributed by atoms with E-state index in [2.05, 4.69) is 4.90 Å². The Hall–Kier alpha value is -1.87. The van der Waals surface area contributed by atoms with Gasteiger partial charge in [-0.15, -0.1) is 0 Å². The quantitative estimate of drug-likeness (QED) is 0.852. The van der Waals surface area contributed by atoms with Crippen molar-refractivity contribution in [2.75, 3.05) is 12.8 Å². The molecule has 2 aromatic rings. The first-order chi connectivity index (χ1) is 9.06. The van der Waals surface area contributed by atoms with E-state index >= 15 is 0 Å². The van der Waals surface area contributed by atoms with Crippen molar-refractivity contribution in [3.05, 3.63) is 65.0 Å². The van der Waals surface area contributed by atoms with Crippen molar-refractivity contribution in [2.45, 2.75) is 20.0 Å². The van der Waals surface area contributed by atoms with Gasteiger partial charge < -0.3 is 5.73 Å². The first-order valence-corrected chi connectivity index (χ1v) is 6.33. The normalized spacial score (nSPS) is 10.9. The van der Waals surface area contributed by atoms with E-state index < -0.39 is 0 Å². The molecule has 0 bridgehead atoms. The fraction of sp³-hybridized carbons (Fsp3) is 0.250. The van der Waals surface area contributed by atoms with Gasteiger partial charge in [0.2, 0.25) is 0 Å². The van der Waals surface area contributed by atoms with E-state index in [0.717, 1.165) is 35.5 Å². The lowest BCUT2D eigenvalue weighted by Crippen LogP contribution is -2.18. The van der Waals surface area contributed by atoms with Gasteiger partial charge >= 0.3 is 0 Å². The zero-order valence-corrected chi connectivity index (χ0v) is 11.4. The highest BCUT2D eigenvalue weighted by atomic mass is 19.1. The van der Waals surface area contributed by atoms with Crippen LogP contribution in [0, 0.1) is 12.7 Å². The molecule has 0 saturated heterocycles. The topological polar surface area (TPSA) is 29.3 Å². The van der Waals surface area contributed by atoms with E-state index in [-0.39, 0.29) is 5.82 Å². The van der Waals surface area contributed by atoms with E-state index in [4.69, 9.17) is 5.73 Å². The highest BCUT2D eigenvalue weighted by Gasteiger charge is 2.06. The van der Waals surface area contributed by atoms with Gasteiger partial charge in [-0.2, -0.15) is 0 Å². The maximum absolute atomic E-state index is 13.1. The Kier molecular flexibility index (Phi) is 4.17. The second kappa shape index (κ2) is 5.85. The molecule has 100 valence electrons. The van der Waals surface area contributed by atoms with Crippen LogP contribution in [0.2, 0.25) is 0 Å². The van der Waals surface area contributed by atoms with Gasteiger partial charge in [-0.25, -0.2) is 4.39 Å². The number of hydrogen-bond donors (Lipinski definition) is 1. The van der Waals surface area contributed by atoms with Gasteiger partial charge in [0.05, 0.1) is 0 Å². The summed E-state index contributed by atoms with van der Waals surface area (Å²) in [7, 11) is 2.04. The molecule has 0 aromatic heterocycles. The summed E-state index contributed by atoms with van der Waals surface area (Å²) < 4.78 is 13.1. The van der Waals surface area contributed by atoms with Crippen LogP contribution in [0.1, 0.15) is 16.7 Å². The van der Waals surface area contributed by atoms with Crippen molar-refractivity contribution in [2.24, 2.45) is 0 Å². The molecule has 0 saturated carbocycles. The van der Waals surface area contributed by atoms with E-state index in [0.29, 0.717) is 0 Å². The Bertz CT molecular complexity index is 566. The molecule has 0 aliphatic rings. The molecule has 0 spiro atoms. The Morgan fingerprint density at radius 1 is 1.05 bits per heavy atom. The van der Waals surface area contributed by atoms with Crippen LogP contribution >= 0.6 is 0 Å². The molecular formula is C16H19FN2. The summed E-state index contributed by atoms with van der Waals surface area (Å²) in [5.41, 5.74) is 9.98. The Morgan fingerprint density at radius 2 is 1.74 bits per heavy atom. The van der Waals surface area contributed by atoms with Crippen LogP contribution in [0.3, 0.4) is 0 Å². The number of nitrogens with zero attached hydrogens (tertiary/aromatic N) is 1. The lowest BCUT2D eigenvalue weighted by atomic mass is 10.1. The minimum absolute atomic E-state index is 0.184. The third-order valence-corrected chi connectivity index (χ3v) is 3.24. The summed E-state index contributed by atoms with van der Waals surface area (Å²) in [5, 5.41) is 0. The molecule has 0 atom stereocenters. The summed E-state index contributed by atoms with van der Waals surface area (Å²) >= 11 is 0. The predicted octanol–water partition coefficient (Wildman–Crippen LogP) is 3.35. The molecule has 2 rings (SSSR count). The molecule has 0 heterocycles. The number of rotatable bonds is 4. The standard InChI is InChI=1S/C16H19FN2/c1-12-9-15(17)8-7-13(12)10-19(2)11-14-5-3-4-6-16(14)18/h3-9H,10-11,18H2,1-2H3. The zero-order valence-electron chi connectivity index (χ0n) is 11.4. The van der Waals surface area contributed by atoms with Gasteiger partial charge in [0, 0.05) is 18.8 Å². The third kappa shape index (κ3) is 3.55. The molecule has 2 N–H and O–H groups in total. The molecule has 0 radical (unpaired) electrons. The van der Waals surface area contributed by atoms with Gasteiger partial charge in [0.1, 0.15) is 5.82 Å². The minimum Gasteiger partial charge on any atom is -0.398 e. The van der Waals surface area contributed by atoms with Crippen LogP contribution in [-0.4, -0.2) is 11.9 Å². The average Bonchev–Trinajstić information content (AvgIpc) is 2.36. The minimum atomic E-state index is -0.184. The molecule has 2 aromatic carbocycles. The maximum Gasteiger partial charge on any atom is 0.123 e. The number of benzene rings is 2.